The molecule has 0 aromatic carbocycles. The van der Waals surface area contributed by atoms with E-state index < -0.39 is 0 Å². The van der Waals surface area contributed by atoms with Crippen LogP contribution >= 0.6 is 11.6 Å². The number of carbonyl (C=O) groups excluding carboxylic acids is 1. The van der Waals surface area contributed by atoms with Gasteiger partial charge in [-0.05, 0) is 32.6 Å². The van der Waals surface area contributed by atoms with Gasteiger partial charge in [0.25, 0.3) is 0 Å². The molecule has 4 heteroatoms. The van der Waals surface area contributed by atoms with Gasteiger partial charge in [0.1, 0.15) is 0 Å². The summed E-state index contributed by atoms with van der Waals surface area (Å²) >= 11 is 5.69. The van der Waals surface area contributed by atoms with Gasteiger partial charge in [-0.1, -0.05) is 0 Å². The van der Waals surface area contributed by atoms with Gasteiger partial charge in [0, 0.05) is 30.7 Å². The third-order valence-corrected chi connectivity index (χ3v) is 2.92. The summed E-state index contributed by atoms with van der Waals surface area (Å²) in [5, 5.41) is 0. The number of allylic oxidation sites excluding steroid dienone is 1. The minimum atomic E-state index is -0.227. The third kappa shape index (κ3) is 4.44. The van der Waals surface area contributed by atoms with Crippen LogP contribution in [0.4, 0.5) is 0 Å². The number of rotatable bonds is 5. The predicted molar refractivity (Wildman–Crippen MR) is 65.5 cm³/mol. The van der Waals surface area contributed by atoms with E-state index in [0.29, 0.717) is 12.5 Å². The Hall–Kier alpha value is -0.700. The lowest BCUT2D eigenvalue weighted by Crippen LogP contribution is -2.29. The molecular weight excluding hydrogens is 226 g/mol. The summed E-state index contributed by atoms with van der Waals surface area (Å²) in [6, 6.07) is 0. The van der Waals surface area contributed by atoms with Crippen molar-refractivity contribution in [3.8, 4) is 0 Å². The number of hydrogen-bond donors (Lipinski definition) is 0. The second kappa shape index (κ2) is 7.55. The molecule has 1 saturated heterocycles. The van der Waals surface area contributed by atoms with Gasteiger partial charge in [-0.2, -0.15) is 0 Å². The first-order valence-electron chi connectivity index (χ1n) is 5.96. The molecule has 0 aromatic rings. The Morgan fingerprint density at radius 1 is 1.56 bits per heavy atom. The van der Waals surface area contributed by atoms with Crippen LogP contribution in [-0.2, 0) is 9.53 Å². The smallest absolute Gasteiger partial charge is 0.332 e. The number of nitrogens with zero attached hydrogens (tertiary/aromatic N) is 1. The van der Waals surface area contributed by atoms with Gasteiger partial charge in [0.05, 0.1) is 6.61 Å². The number of ether oxygens (including phenoxy) is 1. The molecule has 0 spiro atoms. The van der Waals surface area contributed by atoms with Gasteiger partial charge in [0.2, 0.25) is 0 Å². The molecule has 0 atom stereocenters. The van der Waals surface area contributed by atoms with Crippen LogP contribution in [0, 0.1) is 0 Å². The van der Waals surface area contributed by atoms with E-state index in [2.05, 4.69) is 4.90 Å². The summed E-state index contributed by atoms with van der Waals surface area (Å²) in [6.45, 7) is 4.23. The van der Waals surface area contributed by atoms with Crippen LogP contribution in [0.3, 0.4) is 0 Å². The van der Waals surface area contributed by atoms with Crippen molar-refractivity contribution in [2.75, 3.05) is 25.6 Å². The van der Waals surface area contributed by atoms with Crippen LogP contribution < -0.4 is 0 Å². The molecule has 1 rings (SSSR count). The van der Waals surface area contributed by atoms with Crippen molar-refractivity contribution in [3.63, 3.8) is 0 Å². The minimum absolute atomic E-state index is 0.227. The fourth-order valence-electron chi connectivity index (χ4n) is 1.90. The zero-order chi connectivity index (χ0) is 11.8. The highest BCUT2D eigenvalue weighted by atomic mass is 35.5. The molecule has 1 aliphatic heterocycles. The van der Waals surface area contributed by atoms with Gasteiger partial charge in [-0.3, -0.25) is 0 Å². The van der Waals surface area contributed by atoms with Crippen molar-refractivity contribution in [2.24, 2.45) is 0 Å². The SMILES string of the molecule is CCOC(=O)/C=C1\CCCCN1CCCCl. The average molecular weight is 246 g/mol. The van der Waals surface area contributed by atoms with E-state index in [1.54, 1.807) is 6.08 Å². The molecule has 0 amide bonds. The average Bonchev–Trinajstić information content (AvgIpc) is 2.28. The zero-order valence-electron chi connectivity index (χ0n) is 9.88. The Morgan fingerprint density at radius 2 is 2.38 bits per heavy atom. The number of esters is 1. The molecule has 1 aliphatic rings. The van der Waals surface area contributed by atoms with Crippen molar-refractivity contribution >= 4 is 17.6 Å². The molecule has 1 heterocycles. The number of piperidine rings is 1. The summed E-state index contributed by atoms with van der Waals surface area (Å²) in [5.41, 5.74) is 1.11. The molecule has 1 fully saturated rings. The molecular formula is C12H20ClNO2. The van der Waals surface area contributed by atoms with E-state index >= 15 is 0 Å². The van der Waals surface area contributed by atoms with E-state index in [1.807, 2.05) is 6.92 Å². The monoisotopic (exact) mass is 245 g/mol. The molecule has 0 radical (unpaired) electrons. The van der Waals surface area contributed by atoms with Crippen molar-refractivity contribution in [3.05, 3.63) is 11.8 Å². The predicted octanol–water partition coefficient (Wildman–Crippen LogP) is 2.55. The first kappa shape index (κ1) is 13.4. The molecule has 3 nitrogen and oxygen atoms in total. The van der Waals surface area contributed by atoms with Crippen LogP contribution in [0.2, 0.25) is 0 Å². The lowest BCUT2D eigenvalue weighted by atomic mass is 10.1. The van der Waals surface area contributed by atoms with Crippen LogP contribution in [0.15, 0.2) is 11.8 Å². The molecule has 0 aliphatic carbocycles. The Kier molecular flexibility index (Phi) is 6.31. The second-order valence-corrected chi connectivity index (χ2v) is 4.25. The highest BCUT2D eigenvalue weighted by Gasteiger charge is 2.15. The summed E-state index contributed by atoms with van der Waals surface area (Å²) < 4.78 is 4.93. The molecule has 0 bridgehead atoms. The van der Waals surface area contributed by atoms with Gasteiger partial charge in [-0.15, -0.1) is 11.6 Å². The Labute approximate surface area is 102 Å². The lowest BCUT2D eigenvalue weighted by Gasteiger charge is -2.31. The normalized spacial score (nSPS) is 18.9. The van der Waals surface area contributed by atoms with Crippen molar-refractivity contribution in [2.45, 2.75) is 32.6 Å². The number of likely N-dealkylation sites (tertiary alicyclic amines) is 1. The molecule has 16 heavy (non-hydrogen) atoms. The maximum absolute atomic E-state index is 11.4. The Morgan fingerprint density at radius 3 is 3.06 bits per heavy atom. The standard InChI is InChI=1S/C12H20ClNO2/c1-2-16-12(15)10-11-6-3-4-8-14(11)9-5-7-13/h10H,2-9H2,1H3/b11-10+. The summed E-state index contributed by atoms with van der Waals surface area (Å²) in [7, 11) is 0. The maximum Gasteiger partial charge on any atom is 0.332 e. The van der Waals surface area contributed by atoms with Crippen LogP contribution in [-0.4, -0.2) is 36.4 Å². The second-order valence-electron chi connectivity index (χ2n) is 3.87. The van der Waals surface area contributed by atoms with Gasteiger partial charge >= 0.3 is 5.97 Å². The minimum Gasteiger partial charge on any atom is -0.463 e. The Balaban J connectivity index is 2.54. The fourth-order valence-corrected chi connectivity index (χ4v) is 2.02. The number of carbonyl (C=O) groups is 1. The number of alkyl halides is 1. The van der Waals surface area contributed by atoms with E-state index in [9.17, 15) is 4.79 Å². The van der Waals surface area contributed by atoms with Gasteiger partial charge < -0.3 is 9.64 Å². The number of hydrogen-bond acceptors (Lipinski definition) is 3. The summed E-state index contributed by atoms with van der Waals surface area (Å²) in [5.74, 6) is 0.443. The van der Waals surface area contributed by atoms with E-state index in [4.69, 9.17) is 16.3 Å². The zero-order valence-corrected chi connectivity index (χ0v) is 10.6. The van der Waals surface area contributed by atoms with E-state index in [0.717, 1.165) is 38.0 Å². The van der Waals surface area contributed by atoms with Gasteiger partial charge in [-0.25, -0.2) is 4.79 Å². The van der Waals surface area contributed by atoms with E-state index in [-0.39, 0.29) is 5.97 Å². The van der Waals surface area contributed by atoms with Crippen LogP contribution in [0.1, 0.15) is 32.6 Å². The first-order valence-corrected chi connectivity index (χ1v) is 6.49. The summed E-state index contributed by atoms with van der Waals surface area (Å²) in [6.07, 6.45) is 5.92. The number of halogens is 1. The van der Waals surface area contributed by atoms with E-state index in [1.165, 1.54) is 6.42 Å². The van der Waals surface area contributed by atoms with Gasteiger partial charge in [0.15, 0.2) is 0 Å². The molecule has 0 saturated carbocycles. The maximum atomic E-state index is 11.4. The highest BCUT2D eigenvalue weighted by Crippen LogP contribution is 2.20. The fraction of sp³-hybridized carbons (Fsp3) is 0.750. The molecule has 92 valence electrons. The van der Waals surface area contributed by atoms with Crippen molar-refractivity contribution in [1.82, 2.24) is 4.90 Å². The van der Waals surface area contributed by atoms with Crippen molar-refractivity contribution in [1.29, 1.82) is 0 Å². The van der Waals surface area contributed by atoms with Crippen molar-refractivity contribution < 1.29 is 9.53 Å². The quantitative estimate of drug-likeness (QED) is 0.424. The third-order valence-electron chi connectivity index (χ3n) is 2.65. The van der Waals surface area contributed by atoms with Crippen LogP contribution in [0.25, 0.3) is 0 Å². The molecule has 0 N–H and O–H groups in total. The lowest BCUT2D eigenvalue weighted by molar-refractivity contribution is -0.137. The topological polar surface area (TPSA) is 29.5 Å². The molecule has 0 unspecified atom stereocenters. The highest BCUT2D eigenvalue weighted by molar-refractivity contribution is 6.17. The molecule has 0 aromatic heterocycles. The largest absolute Gasteiger partial charge is 0.463 e. The summed E-state index contributed by atoms with van der Waals surface area (Å²) in [4.78, 5) is 13.6. The van der Waals surface area contributed by atoms with Crippen LogP contribution in [0.5, 0.6) is 0 Å². The Bertz CT molecular complexity index is 253. The first-order chi connectivity index (χ1) is 7.77.